The number of carbonyl (C=O) groups is 1. The summed E-state index contributed by atoms with van der Waals surface area (Å²) in [6.45, 7) is 5.83. The van der Waals surface area contributed by atoms with Crippen molar-refractivity contribution in [1.29, 1.82) is 0 Å². The van der Waals surface area contributed by atoms with Crippen LogP contribution < -0.4 is 5.32 Å². The van der Waals surface area contributed by atoms with Crippen molar-refractivity contribution >= 4 is 11.6 Å². The number of aryl methyl sites for hydroxylation is 3. The van der Waals surface area contributed by atoms with Crippen molar-refractivity contribution in [2.24, 2.45) is 0 Å². The second-order valence-corrected chi connectivity index (χ2v) is 7.02. The summed E-state index contributed by atoms with van der Waals surface area (Å²) >= 11 is 0. The summed E-state index contributed by atoms with van der Waals surface area (Å²) in [5.41, 5.74) is 4.71. The molecule has 1 amide bonds. The van der Waals surface area contributed by atoms with E-state index in [2.05, 4.69) is 10.4 Å². The summed E-state index contributed by atoms with van der Waals surface area (Å²) in [6, 6.07) is 15.6. The lowest BCUT2D eigenvalue weighted by Gasteiger charge is -2.12. The molecule has 4 aromatic rings. The third-order valence-corrected chi connectivity index (χ3v) is 4.95. The molecule has 0 saturated carbocycles. The predicted molar refractivity (Wildman–Crippen MR) is 111 cm³/mol. The minimum absolute atomic E-state index is 0.247. The second kappa shape index (κ2) is 7.39. The molecule has 0 saturated heterocycles. The Labute approximate surface area is 168 Å². The van der Waals surface area contributed by atoms with Gasteiger partial charge in [-0.3, -0.25) is 4.79 Å². The molecule has 0 unspecified atom stereocenters. The molecule has 0 spiro atoms. The Bertz CT molecular complexity index is 1170. The first-order valence-corrected chi connectivity index (χ1v) is 9.31. The molecule has 2 aromatic heterocycles. The van der Waals surface area contributed by atoms with Crippen molar-refractivity contribution in [2.75, 3.05) is 5.32 Å². The number of carbonyl (C=O) groups excluding carboxylic acids is 1. The maximum Gasteiger partial charge on any atom is 0.261 e. The van der Waals surface area contributed by atoms with E-state index in [0.717, 1.165) is 16.8 Å². The summed E-state index contributed by atoms with van der Waals surface area (Å²) in [6.07, 6.45) is 3.70. The van der Waals surface area contributed by atoms with Gasteiger partial charge in [0.2, 0.25) is 0 Å². The first-order chi connectivity index (χ1) is 13.9. The molecule has 2 heterocycles. The number of halogens is 1. The quantitative estimate of drug-likeness (QED) is 0.536. The molecular weight excluding hydrogens is 367 g/mol. The predicted octanol–water partition coefficient (Wildman–Crippen LogP) is 4.98. The monoisotopic (exact) mass is 388 g/mol. The SMILES string of the molecule is Cc1ccc(NC(=O)c2c(C)nn(-c3ccc(F)cc3)c2-n2cccc2)cc1C. The maximum absolute atomic E-state index is 13.4. The smallest absolute Gasteiger partial charge is 0.261 e. The molecule has 0 bridgehead atoms. The van der Waals surface area contributed by atoms with E-state index >= 15 is 0 Å². The Morgan fingerprint density at radius 3 is 2.31 bits per heavy atom. The van der Waals surface area contributed by atoms with Gasteiger partial charge in [0.05, 0.1) is 11.4 Å². The van der Waals surface area contributed by atoms with Crippen molar-refractivity contribution < 1.29 is 9.18 Å². The van der Waals surface area contributed by atoms with Crippen molar-refractivity contribution in [3.8, 4) is 11.5 Å². The molecule has 29 heavy (non-hydrogen) atoms. The van der Waals surface area contributed by atoms with E-state index in [1.165, 1.54) is 12.1 Å². The van der Waals surface area contributed by atoms with Crippen LogP contribution in [0.5, 0.6) is 0 Å². The highest BCUT2D eigenvalue weighted by Crippen LogP contribution is 2.25. The lowest BCUT2D eigenvalue weighted by Crippen LogP contribution is -2.16. The molecule has 6 heteroatoms. The number of hydrogen-bond acceptors (Lipinski definition) is 2. The van der Waals surface area contributed by atoms with Crippen molar-refractivity contribution in [2.45, 2.75) is 20.8 Å². The van der Waals surface area contributed by atoms with Crippen LogP contribution in [0, 0.1) is 26.6 Å². The zero-order valence-electron chi connectivity index (χ0n) is 16.5. The number of benzene rings is 2. The third kappa shape index (κ3) is 3.57. The average Bonchev–Trinajstić information content (AvgIpc) is 3.33. The van der Waals surface area contributed by atoms with Gasteiger partial charge in [-0.2, -0.15) is 5.10 Å². The normalized spacial score (nSPS) is 10.9. The standard InChI is InChI=1S/C23H21FN4O/c1-15-6-9-19(14-16(15)2)25-22(29)21-17(3)26-28(20-10-7-18(24)8-11-20)23(21)27-12-4-5-13-27/h4-14H,1-3H3,(H,25,29). The van der Waals surface area contributed by atoms with Gasteiger partial charge in [-0.1, -0.05) is 6.07 Å². The molecule has 0 aliphatic heterocycles. The van der Waals surface area contributed by atoms with Crippen LogP contribution in [0.2, 0.25) is 0 Å². The van der Waals surface area contributed by atoms with Gasteiger partial charge in [-0.05, 0) is 80.4 Å². The van der Waals surface area contributed by atoms with Crippen LogP contribution >= 0.6 is 0 Å². The average molecular weight is 388 g/mol. The van der Waals surface area contributed by atoms with E-state index in [1.54, 1.807) is 23.7 Å². The highest BCUT2D eigenvalue weighted by Gasteiger charge is 2.24. The van der Waals surface area contributed by atoms with Gasteiger partial charge in [-0.25, -0.2) is 9.07 Å². The number of anilines is 1. The van der Waals surface area contributed by atoms with Gasteiger partial charge in [-0.15, -0.1) is 0 Å². The van der Waals surface area contributed by atoms with Crippen molar-refractivity contribution in [3.05, 3.63) is 95.2 Å². The molecule has 5 nitrogen and oxygen atoms in total. The van der Waals surface area contributed by atoms with E-state index in [4.69, 9.17) is 0 Å². The number of nitrogens with one attached hydrogen (secondary N) is 1. The van der Waals surface area contributed by atoms with Gasteiger partial charge in [0.15, 0.2) is 5.82 Å². The van der Waals surface area contributed by atoms with Crippen LogP contribution in [-0.4, -0.2) is 20.3 Å². The minimum Gasteiger partial charge on any atom is -0.322 e. The number of hydrogen-bond donors (Lipinski definition) is 1. The maximum atomic E-state index is 13.4. The van der Waals surface area contributed by atoms with Crippen LogP contribution in [0.1, 0.15) is 27.2 Å². The Morgan fingerprint density at radius 1 is 0.966 bits per heavy atom. The summed E-state index contributed by atoms with van der Waals surface area (Å²) in [4.78, 5) is 13.2. The number of nitrogens with zero attached hydrogens (tertiary/aromatic N) is 3. The summed E-state index contributed by atoms with van der Waals surface area (Å²) in [7, 11) is 0. The topological polar surface area (TPSA) is 51.9 Å². The first kappa shape index (κ1) is 18.7. The highest BCUT2D eigenvalue weighted by atomic mass is 19.1. The van der Waals surface area contributed by atoms with Crippen LogP contribution in [0.4, 0.5) is 10.1 Å². The molecule has 0 fully saturated rings. The van der Waals surface area contributed by atoms with Crippen LogP contribution in [0.25, 0.3) is 11.5 Å². The molecular formula is C23H21FN4O. The van der Waals surface area contributed by atoms with E-state index in [-0.39, 0.29) is 11.7 Å². The lowest BCUT2D eigenvalue weighted by molar-refractivity contribution is 0.102. The number of aromatic nitrogens is 3. The Balaban J connectivity index is 1.81. The lowest BCUT2D eigenvalue weighted by atomic mass is 10.1. The first-order valence-electron chi connectivity index (χ1n) is 9.31. The number of amides is 1. The minimum atomic E-state index is -0.326. The summed E-state index contributed by atoms with van der Waals surface area (Å²) < 4.78 is 16.9. The van der Waals surface area contributed by atoms with E-state index in [0.29, 0.717) is 22.8 Å². The van der Waals surface area contributed by atoms with Gasteiger partial charge in [0.25, 0.3) is 5.91 Å². The Hall–Kier alpha value is -3.67. The molecule has 4 rings (SSSR count). The van der Waals surface area contributed by atoms with E-state index in [1.807, 2.05) is 61.1 Å². The largest absolute Gasteiger partial charge is 0.322 e. The molecule has 0 aliphatic carbocycles. The van der Waals surface area contributed by atoms with E-state index < -0.39 is 0 Å². The van der Waals surface area contributed by atoms with Crippen LogP contribution in [-0.2, 0) is 0 Å². The fourth-order valence-corrected chi connectivity index (χ4v) is 3.27. The van der Waals surface area contributed by atoms with Gasteiger partial charge >= 0.3 is 0 Å². The Morgan fingerprint density at radius 2 is 1.66 bits per heavy atom. The zero-order chi connectivity index (χ0) is 20.5. The van der Waals surface area contributed by atoms with Crippen LogP contribution in [0.3, 0.4) is 0 Å². The van der Waals surface area contributed by atoms with Gasteiger partial charge in [0.1, 0.15) is 11.4 Å². The van der Waals surface area contributed by atoms with Crippen LogP contribution in [0.15, 0.2) is 67.0 Å². The highest BCUT2D eigenvalue weighted by molar-refractivity contribution is 6.07. The molecule has 0 atom stereocenters. The molecule has 1 N–H and O–H groups in total. The summed E-state index contributed by atoms with van der Waals surface area (Å²) in [5.74, 6) is 0.0242. The van der Waals surface area contributed by atoms with Crippen molar-refractivity contribution in [3.63, 3.8) is 0 Å². The summed E-state index contributed by atoms with van der Waals surface area (Å²) in [5, 5.41) is 7.55. The molecule has 2 aromatic carbocycles. The molecule has 0 aliphatic rings. The second-order valence-electron chi connectivity index (χ2n) is 7.02. The van der Waals surface area contributed by atoms with Gasteiger partial charge in [0, 0.05) is 18.1 Å². The third-order valence-electron chi connectivity index (χ3n) is 4.95. The zero-order valence-corrected chi connectivity index (χ0v) is 16.5. The fraction of sp³-hybridized carbons (Fsp3) is 0.130. The Kier molecular flexibility index (Phi) is 4.76. The van der Waals surface area contributed by atoms with Gasteiger partial charge < -0.3 is 9.88 Å². The molecule has 0 radical (unpaired) electrons. The molecule has 146 valence electrons. The fourth-order valence-electron chi connectivity index (χ4n) is 3.27. The van der Waals surface area contributed by atoms with E-state index in [9.17, 15) is 9.18 Å². The van der Waals surface area contributed by atoms with Crippen molar-refractivity contribution in [1.82, 2.24) is 14.3 Å². The number of rotatable bonds is 4.